The van der Waals surface area contributed by atoms with Crippen molar-refractivity contribution in [3.8, 4) is 0 Å². The van der Waals surface area contributed by atoms with Crippen LogP contribution in [0.3, 0.4) is 0 Å². The second-order valence-electron chi connectivity index (χ2n) is 10.1. The Morgan fingerprint density at radius 3 is 2.42 bits per heavy atom. The summed E-state index contributed by atoms with van der Waals surface area (Å²) in [6, 6.07) is 0.823. The van der Waals surface area contributed by atoms with Crippen molar-refractivity contribution in [2.24, 2.45) is 5.92 Å². The number of hydrogen-bond acceptors (Lipinski definition) is 6. The van der Waals surface area contributed by atoms with E-state index in [0.29, 0.717) is 40.2 Å². The van der Waals surface area contributed by atoms with Gasteiger partial charge in [0.15, 0.2) is 0 Å². The molecule has 1 atom stereocenters. The van der Waals surface area contributed by atoms with Gasteiger partial charge in [-0.3, -0.25) is 9.59 Å². The first kappa shape index (κ1) is 26.9. The van der Waals surface area contributed by atoms with Gasteiger partial charge in [-0.2, -0.15) is 0 Å². The molecule has 196 valence electrons. The molecule has 3 aliphatic rings. The number of allylic oxidation sites excluding steroid dienone is 3. The molecule has 0 radical (unpaired) electrons. The summed E-state index contributed by atoms with van der Waals surface area (Å²) >= 11 is 12.2. The Bertz CT molecular complexity index is 1030. The Morgan fingerprint density at radius 1 is 1.08 bits per heavy atom. The fourth-order valence-electron chi connectivity index (χ4n) is 5.40. The van der Waals surface area contributed by atoms with E-state index >= 15 is 0 Å². The standard InChI is InChI=1S/C26H36Cl2N6O2/c1-17-24(30-16-31-25(17)29-15-19-4-5-22(27)23(28)14-19)26(36)34-12-8-21(9-13-34)33-10-6-20(7-11-33)32(3)18(2)35/h5,14,16,19-21H,4,6-13,15H2,1-3H3,(H,29,30,31). The van der Waals surface area contributed by atoms with Gasteiger partial charge in [0.05, 0.1) is 10.1 Å². The lowest BCUT2D eigenvalue weighted by Gasteiger charge is -2.43. The molecule has 4 rings (SSSR count). The second-order valence-corrected chi connectivity index (χ2v) is 10.9. The maximum atomic E-state index is 13.3. The zero-order valence-electron chi connectivity index (χ0n) is 21.3. The molecule has 0 spiro atoms. The third kappa shape index (κ3) is 6.21. The first-order valence-corrected chi connectivity index (χ1v) is 13.6. The summed E-state index contributed by atoms with van der Waals surface area (Å²) < 4.78 is 0. The summed E-state index contributed by atoms with van der Waals surface area (Å²) in [6.07, 6.45) is 10.1. The Morgan fingerprint density at radius 2 is 1.78 bits per heavy atom. The maximum absolute atomic E-state index is 13.3. The fraction of sp³-hybridized carbons (Fsp3) is 0.615. The molecule has 2 amide bonds. The van der Waals surface area contributed by atoms with E-state index in [-0.39, 0.29) is 17.7 Å². The molecule has 8 nitrogen and oxygen atoms in total. The smallest absolute Gasteiger partial charge is 0.272 e. The van der Waals surface area contributed by atoms with Crippen molar-refractivity contribution in [2.75, 3.05) is 45.1 Å². The number of aromatic nitrogens is 2. The van der Waals surface area contributed by atoms with Gasteiger partial charge in [0, 0.05) is 64.3 Å². The van der Waals surface area contributed by atoms with Gasteiger partial charge < -0.3 is 20.0 Å². The van der Waals surface area contributed by atoms with Crippen LogP contribution in [0.4, 0.5) is 5.82 Å². The predicted octanol–water partition coefficient (Wildman–Crippen LogP) is 4.01. The van der Waals surface area contributed by atoms with Crippen molar-refractivity contribution in [1.29, 1.82) is 0 Å². The molecule has 0 bridgehead atoms. The average Bonchev–Trinajstić information content (AvgIpc) is 2.89. The third-order valence-electron chi connectivity index (χ3n) is 7.84. The third-order valence-corrected chi connectivity index (χ3v) is 8.62. The maximum Gasteiger partial charge on any atom is 0.272 e. The van der Waals surface area contributed by atoms with E-state index < -0.39 is 0 Å². The molecule has 2 saturated heterocycles. The van der Waals surface area contributed by atoms with Gasteiger partial charge in [-0.1, -0.05) is 35.4 Å². The second kappa shape index (κ2) is 11.9. The first-order chi connectivity index (χ1) is 17.2. The number of hydrogen-bond donors (Lipinski definition) is 1. The highest BCUT2D eigenvalue weighted by atomic mass is 35.5. The predicted molar refractivity (Wildman–Crippen MR) is 143 cm³/mol. The minimum absolute atomic E-state index is 0.0338. The SMILES string of the molecule is CC(=O)N(C)C1CCN(C2CCN(C(=O)c3ncnc(NCC4C=C(Cl)C(Cl)=CC4)c3C)CC2)CC1. The highest BCUT2D eigenvalue weighted by Gasteiger charge is 2.32. The summed E-state index contributed by atoms with van der Waals surface area (Å²) in [5.74, 6) is 0.983. The molecular formula is C26H36Cl2N6O2. The van der Waals surface area contributed by atoms with Gasteiger partial charge in [0.25, 0.3) is 5.91 Å². The molecule has 2 aliphatic heterocycles. The molecular weight excluding hydrogens is 499 g/mol. The number of anilines is 1. The van der Waals surface area contributed by atoms with Crippen molar-refractivity contribution >= 4 is 40.8 Å². The topological polar surface area (TPSA) is 81.7 Å². The largest absolute Gasteiger partial charge is 0.369 e. The molecule has 0 saturated carbocycles. The van der Waals surface area contributed by atoms with E-state index in [1.54, 1.807) is 6.92 Å². The summed E-state index contributed by atoms with van der Waals surface area (Å²) in [5, 5.41) is 4.52. The quantitative estimate of drug-likeness (QED) is 0.593. The van der Waals surface area contributed by atoms with Gasteiger partial charge in [-0.25, -0.2) is 9.97 Å². The van der Waals surface area contributed by atoms with Crippen LogP contribution in [0.25, 0.3) is 0 Å². The van der Waals surface area contributed by atoms with Gasteiger partial charge in [0.2, 0.25) is 5.91 Å². The lowest BCUT2D eigenvalue weighted by atomic mass is 9.97. The van der Waals surface area contributed by atoms with Crippen LogP contribution in [0.5, 0.6) is 0 Å². The first-order valence-electron chi connectivity index (χ1n) is 12.8. The minimum atomic E-state index is -0.0338. The Kier molecular flexibility index (Phi) is 8.91. The van der Waals surface area contributed by atoms with Crippen molar-refractivity contribution in [3.05, 3.63) is 39.8 Å². The zero-order chi connectivity index (χ0) is 25.8. The molecule has 2 fully saturated rings. The van der Waals surface area contributed by atoms with Crippen molar-refractivity contribution in [2.45, 2.75) is 58.0 Å². The molecule has 1 aromatic rings. The van der Waals surface area contributed by atoms with Crippen LogP contribution >= 0.6 is 23.2 Å². The number of carbonyl (C=O) groups is 2. The van der Waals surface area contributed by atoms with Gasteiger partial charge in [-0.15, -0.1) is 0 Å². The number of nitrogens with zero attached hydrogens (tertiary/aromatic N) is 5. The van der Waals surface area contributed by atoms with Gasteiger partial charge >= 0.3 is 0 Å². The monoisotopic (exact) mass is 534 g/mol. The summed E-state index contributed by atoms with van der Waals surface area (Å²) in [5.41, 5.74) is 1.22. The highest BCUT2D eigenvalue weighted by molar-refractivity contribution is 6.44. The minimum Gasteiger partial charge on any atom is -0.369 e. The number of piperidine rings is 2. The van der Waals surface area contributed by atoms with Crippen LogP contribution in [0.1, 0.15) is 55.1 Å². The number of amides is 2. The molecule has 36 heavy (non-hydrogen) atoms. The molecule has 1 aliphatic carbocycles. The molecule has 1 aromatic heterocycles. The summed E-state index contributed by atoms with van der Waals surface area (Å²) in [7, 11) is 1.90. The number of carbonyl (C=O) groups excluding carboxylic acids is 2. The van der Waals surface area contributed by atoms with E-state index in [1.807, 2.05) is 35.9 Å². The normalized spacial score (nSPS) is 22.1. The zero-order valence-corrected chi connectivity index (χ0v) is 22.9. The fourth-order valence-corrected chi connectivity index (χ4v) is 5.81. The van der Waals surface area contributed by atoms with Crippen molar-refractivity contribution < 1.29 is 9.59 Å². The van der Waals surface area contributed by atoms with Gasteiger partial charge in [-0.05, 0) is 44.9 Å². The van der Waals surface area contributed by atoms with E-state index in [1.165, 1.54) is 6.33 Å². The Balaban J connectivity index is 1.29. The van der Waals surface area contributed by atoms with Crippen LogP contribution in [0, 0.1) is 12.8 Å². The Labute approximate surface area is 223 Å². The van der Waals surface area contributed by atoms with Crippen LogP contribution in [0.15, 0.2) is 28.5 Å². The van der Waals surface area contributed by atoms with E-state index in [2.05, 4.69) is 20.2 Å². The van der Waals surface area contributed by atoms with E-state index in [0.717, 1.165) is 63.8 Å². The summed E-state index contributed by atoms with van der Waals surface area (Å²) in [4.78, 5) is 40.0. The molecule has 3 heterocycles. The van der Waals surface area contributed by atoms with Crippen LogP contribution in [0.2, 0.25) is 0 Å². The lowest BCUT2D eigenvalue weighted by molar-refractivity contribution is -0.130. The number of halogens is 2. The number of rotatable bonds is 6. The van der Waals surface area contributed by atoms with Crippen LogP contribution in [-0.2, 0) is 4.79 Å². The van der Waals surface area contributed by atoms with Crippen LogP contribution < -0.4 is 5.32 Å². The Hall–Kier alpha value is -2.16. The van der Waals surface area contributed by atoms with Gasteiger partial charge in [0.1, 0.15) is 17.8 Å². The van der Waals surface area contributed by atoms with E-state index in [4.69, 9.17) is 23.2 Å². The number of nitrogens with one attached hydrogen (secondary N) is 1. The molecule has 1 N–H and O–H groups in total. The molecule has 10 heteroatoms. The lowest BCUT2D eigenvalue weighted by Crippen LogP contribution is -2.52. The van der Waals surface area contributed by atoms with Crippen molar-refractivity contribution in [1.82, 2.24) is 24.7 Å². The van der Waals surface area contributed by atoms with Crippen molar-refractivity contribution in [3.63, 3.8) is 0 Å². The highest BCUT2D eigenvalue weighted by Crippen LogP contribution is 2.29. The van der Waals surface area contributed by atoms with Crippen LogP contribution in [-0.4, -0.2) is 88.3 Å². The average molecular weight is 536 g/mol. The van der Waals surface area contributed by atoms with E-state index in [9.17, 15) is 9.59 Å². The molecule has 1 unspecified atom stereocenters. The number of likely N-dealkylation sites (tertiary alicyclic amines) is 2. The summed E-state index contributed by atoms with van der Waals surface area (Å²) in [6.45, 7) is 7.63. The molecule has 0 aromatic carbocycles.